The Bertz CT molecular complexity index is 134. The van der Waals surface area contributed by atoms with Gasteiger partial charge >= 0.3 is 0 Å². The number of aliphatic hydroxyl groups excluding tert-OH is 1. The second-order valence-corrected chi connectivity index (χ2v) is 3.64. The highest BCUT2D eigenvalue weighted by molar-refractivity contribution is 4.67. The molecule has 0 aromatic carbocycles. The Hall–Kier alpha value is -0.120. The Morgan fingerprint density at radius 2 is 2.25 bits per heavy atom. The van der Waals surface area contributed by atoms with Gasteiger partial charge in [-0.05, 0) is 33.1 Å². The maximum Gasteiger partial charge on any atom is 0.163 e. The van der Waals surface area contributed by atoms with Gasteiger partial charge in [0.05, 0.1) is 12.7 Å². The van der Waals surface area contributed by atoms with E-state index < -0.39 is 5.79 Å². The molecule has 0 bridgehead atoms. The quantitative estimate of drug-likeness (QED) is 0.685. The standard InChI is InChI=1S/C9H18O3/c1-9(2)11-7-3-4-8(12-9)5-6-10/h8,10H,3-7H2,1-2H3. The average Bonchev–Trinajstić information content (AvgIpc) is 2.11. The Labute approximate surface area is 73.7 Å². The van der Waals surface area contributed by atoms with E-state index in [0.717, 1.165) is 19.4 Å². The number of rotatable bonds is 2. The maximum atomic E-state index is 8.76. The fourth-order valence-electron chi connectivity index (χ4n) is 1.47. The van der Waals surface area contributed by atoms with E-state index in [1.54, 1.807) is 0 Å². The van der Waals surface area contributed by atoms with Crippen molar-refractivity contribution in [1.29, 1.82) is 0 Å². The lowest BCUT2D eigenvalue weighted by Crippen LogP contribution is -2.31. The highest BCUT2D eigenvalue weighted by atomic mass is 16.7. The summed E-state index contributed by atoms with van der Waals surface area (Å²) in [5.74, 6) is -0.476. The Balaban J connectivity index is 2.42. The van der Waals surface area contributed by atoms with E-state index in [-0.39, 0.29) is 12.7 Å². The van der Waals surface area contributed by atoms with Crippen LogP contribution in [-0.4, -0.2) is 30.2 Å². The van der Waals surface area contributed by atoms with Gasteiger partial charge in [0.15, 0.2) is 5.79 Å². The van der Waals surface area contributed by atoms with E-state index in [4.69, 9.17) is 14.6 Å². The van der Waals surface area contributed by atoms with Gasteiger partial charge in [-0.2, -0.15) is 0 Å². The predicted octanol–water partition coefficient (Wildman–Crippen LogP) is 1.30. The van der Waals surface area contributed by atoms with Gasteiger partial charge in [0, 0.05) is 6.61 Å². The van der Waals surface area contributed by atoms with Crippen molar-refractivity contribution in [2.24, 2.45) is 0 Å². The van der Waals surface area contributed by atoms with Crippen molar-refractivity contribution in [1.82, 2.24) is 0 Å². The minimum atomic E-state index is -0.476. The molecule has 1 saturated heterocycles. The highest BCUT2D eigenvalue weighted by Crippen LogP contribution is 2.22. The second-order valence-electron chi connectivity index (χ2n) is 3.64. The number of hydrogen-bond acceptors (Lipinski definition) is 3. The van der Waals surface area contributed by atoms with Crippen LogP contribution in [0.4, 0.5) is 0 Å². The van der Waals surface area contributed by atoms with Crippen molar-refractivity contribution in [3.8, 4) is 0 Å². The summed E-state index contributed by atoms with van der Waals surface area (Å²) >= 11 is 0. The molecule has 1 rings (SSSR count). The molecule has 1 aliphatic heterocycles. The zero-order chi connectivity index (χ0) is 9.03. The number of aliphatic hydroxyl groups is 1. The molecular formula is C9H18O3. The van der Waals surface area contributed by atoms with Crippen LogP contribution in [0, 0.1) is 0 Å². The van der Waals surface area contributed by atoms with Crippen LogP contribution in [0.5, 0.6) is 0 Å². The molecule has 12 heavy (non-hydrogen) atoms. The molecule has 1 N–H and O–H groups in total. The first-order valence-corrected chi connectivity index (χ1v) is 4.57. The van der Waals surface area contributed by atoms with E-state index in [0.29, 0.717) is 6.42 Å². The van der Waals surface area contributed by atoms with Gasteiger partial charge in [-0.1, -0.05) is 0 Å². The van der Waals surface area contributed by atoms with E-state index >= 15 is 0 Å². The van der Waals surface area contributed by atoms with Crippen molar-refractivity contribution in [2.45, 2.75) is 45.0 Å². The fourth-order valence-corrected chi connectivity index (χ4v) is 1.47. The summed E-state index contributed by atoms with van der Waals surface area (Å²) in [5, 5.41) is 8.76. The molecule has 1 atom stereocenters. The van der Waals surface area contributed by atoms with Gasteiger partial charge in [-0.15, -0.1) is 0 Å². The summed E-state index contributed by atoms with van der Waals surface area (Å²) in [6, 6.07) is 0. The van der Waals surface area contributed by atoms with Crippen molar-refractivity contribution in [3.05, 3.63) is 0 Å². The van der Waals surface area contributed by atoms with Gasteiger partial charge in [-0.25, -0.2) is 0 Å². The molecular weight excluding hydrogens is 156 g/mol. The predicted molar refractivity (Wildman–Crippen MR) is 45.8 cm³/mol. The van der Waals surface area contributed by atoms with Crippen molar-refractivity contribution in [3.63, 3.8) is 0 Å². The van der Waals surface area contributed by atoms with Crippen LogP contribution in [0.1, 0.15) is 33.1 Å². The monoisotopic (exact) mass is 174 g/mol. The maximum absolute atomic E-state index is 8.76. The normalized spacial score (nSPS) is 29.8. The molecule has 0 amide bonds. The van der Waals surface area contributed by atoms with Gasteiger partial charge in [0.25, 0.3) is 0 Å². The van der Waals surface area contributed by atoms with E-state index in [1.807, 2.05) is 13.8 Å². The molecule has 1 aliphatic rings. The van der Waals surface area contributed by atoms with Crippen LogP contribution in [0.25, 0.3) is 0 Å². The Morgan fingerprint density at radius 3 is 2.92 bits per heavy atom. The van der Waals surface area contributed by atoms with Gasteiger partial charge in [0.2, 0.25) is 0 Å². The molecule has 0 aliphatic carbocycles. The molecule has 0 spiro atoms. The number of hydrogen-bond donors (Lipinski definition) is 1. The van der Waals surface area contributed by atoms with Crippen molar-refractivity contribution < 1.29 is 14.6 Å². The minimum absolute atomic E-state index is 0.160. The molecule has 0 radical (unpaired) electrons. The molecule has 1 heterocycles. The first-order chi connectivity index (χ1) is 5.64. The summed E-state index contributed by atoms with van der Waals surface area (Å²) < 4.78 is 11.1. The van der Waals surface area contributed by atoms with Crippen LogP contribution in [-0.2, 0) is 9.47 Å². The molecule has 1 fully saturated rings. The average molecular weight is 174 g/mol. The van der Waals surface area contributed by atoms with Gasteiger partial charge in [-0.3, -0.25) is 0 Å². The van der Waals surface area contributed by atoms with Crippen LogP contribution in [0.15, 0.2) is 0 Å². The molecule has 72 valence electrons. The molecule has 0 aromatic heterocycles. The van der Waals surface area contributed by atoms with Crippen LogP contribution in [0.3, 0.4) is 0 Å². The van der Waals surface area contributed by atoms with E-state index in [9.17, 15) is 0 Å². The third kappa shape index (κ3) is 3.09. The third-order valence-electron chi connectivity index (χ3n) is 2.02. The van der Waals surface area contributed by atoms with Crippen molar-refractivity contribution >= 4 is 0 Å². The molecule has 0 aromatic rings. The molecule has 0 saturated carbocycles. The topological polar surface area (TPSA) is 38.7 Å². The van der Waals surface area contributed by atoms with Gasteiger partial charge in [0.1, 0.15) is 0 Å². The fraction of sp³-hybridized carbons (Fsp3) is 1.00. The van der Waals surface area contributed by atoms with E-state index in [1.165, 1.54) is 0 Å². The Morgan fingerprint density at radius 1 is 1.50 bits per heavy atom. The highest BCUT2D eigenvalue weighted by Gasteiger charge is 2.26. The first-order valence-electron chi connectivity index (χ1n) is 4.57. The summed E-state index contributed by atoms with van der Waals surface area (Å²) in [6.45, 7) is 4.79. The van der Waals surface area contributed by atoms with E-state index in [2.05, 4.69) is 0 Å². The lowest BCUT2D eigenvalue weighted by Gasteiger charge is -2.27. The summed E-state index contributed by atoms with van der Waals surface area (Å²) in [7, 11) is 0. The molecule has 3 nitrogen and oxygen atoms in total. The van der Waals surface area contributed by atoms with Crippen LogP contribution >= 0.6 is 0 Å². The van der Waals surface area contributed by atoms with Crippen molar-refractivity contribution in [2.75, 3.05) is 13.2 Å². The summed E-state index contributed by atoms with van der Waals surface area (Å²) in [5.41, 5.74) is 0. The van der Waals surface area contributed by atoms with Crippen LogP contribution < -0.4 is 0 Å². The summed E-state index contributed by atoms with van der Waals surface area (Å²) in [4.78, 5) is 0. The molecule has 1 unspecified atom stereocenters. The Kier molecular flexibility index (Phi) is 3.50. The zero-order valence-corrected chi connectivity index (χ0v) is 7.88. The number of ether oxygens (including phenoxy) is 2. The van der Waals surface area contributed by atoms with Gasteiger partial charge < -0.3 is 14.6 Å². The zero-order valence-electron chi connectivity index (χ0n) is 7.88. The summed E-state index contributed by atoms with van der Waals surface area (Å²) in [6.07, 6.45) is 2.89. The lowest BCUT2D eigenvalue weighted by atomic mass is 10.1. The van der Waals surface area contributed by atoms with Crippen LogP contribution in [0.2, 0.25) is 0 Å². The lowest BCUT2D eigenvalue weighted by molar-refractivity contribution is -0.224. The minimum Gasteiger partial charge on any atom is -0.396 e. The molecule has 3 heteroatoms. The first kappa shape index (κ1) is 9.96. The second kappa shape index (κ2) is 4.21. The smallest absolute Gasteiger partial charge is 0.163 e. The SMILES string of the molecule is CC1(C)OCCCC(CCO)O1. The third-order valence-corrected chi connectivity index (χ3v) is 2.02. The largest absolute Gasteiger partial charge is 0.396 e.